The summed E-state index contributed by atoms with van der Waals surface area (Å²) in [5, 5.41) is 3.64. The van der Waals surface area contributed by atoms with Crippen molar-refractivity contribution in [3.8, 4) is 0 Å². The number of amides is 1. The molecule has 0 aliphatic carbocycles. The van der Waals surface area contributed by atoms with Gasteiger partial charge in [-0.25, -0.2) is 0 Å². The second-order valence-electron chi connectivity index (χ2n) is 9.20. The molecule has 1 fully saturated rings. The molecule has 5 nitrogen and oxygen atoms in total. The summed E-state index contributed by atoms with van der Waals surface area (Å²) in [5.41, 5.74) is 2.48. The maximum atomic E-state index is 13.4. The van der Waals surface area contributed by atoms with Crippen molar-refractivity contribution in [3.05, 3.63) is 88.7 Å². The number of alkyl halides is 3. The van der Waals surface area contributed by atoms with E-state index in [1.165, 1.54) is 6.07 Å². The first kappa shape index (κ1) is 24.4. The van der Waals surface area contributed by atoms with E-state index < -0.39 is 17.7 Å². The highest BCUT2D eigenvalue weighted by molar-refractivity contribution is 6.30. The van der Waals surface area contributed by atoms with Crippen LogP contribution in [0.1, 0.15) is 16.8 Å². The van der Waals surface area contributed by atoms with Gasteiger partial charge in [-0.1, -0.05) is 23.7 Å². The number of pyridine rings is 1. The summed E-state index contributed by atoms with van der Waals surface area (Å²) in [4.78, 5) is 22.0. The third-order valence-electron chi connectivity index (χ3n) is 6.96. The maximum Gasteiger partial charge on any atom is 0.416 e. The number of hydrogen-bond acceptors (Lipinski definition) is 4. The molecule has 3 aromatic rings. The van der Waals surface area contributed by atoms with Crippen molar-refractivity contribution in [2.75, 3.05) is 36.0 Å². The van der Waals surface area contributed by atoms with Crippen LogP contribution in [0.3, 0.4) is 0 Å². The van der Waals surface area contributed by atoms with Crippen molar-refractivity contribution >= 4 is 28.9 Å². The predicted molar refractivity (Wildman–Crippen MR) is 134 cm³/mol. The van der Waals surface area contributed by atoms with Gasteiger partial charge in [0.05, 0.1) is 17.5 Å². The van der Waals surface area contributed by atoms with Gasteiger partial charge in [0.25, 0.3) is 0 Å². The Balaban J connectivity index is 1.40. The van der Waals surface area contributed by atoms with Gasteiger partial charge in [-0.15, -0.1) is 0 Å². The van der Waals surface area contributed by atoms with Crippen LogP contribution in [0.2, 0.25) is 5.02 Å². The Bertz CT molecular complexity index is 1240. The summed E-state index contributed by atoms with van der Waals surface area (Å²) in [5.74, 6) is -0.649. The number of carbonyl (C=O) groups excluding carboxylic acids is 1. The molecule has 0 radical (unpaired) electrons. The van der Waals surface area contributed by atoms with Crippen molar-refractivity contribution in [1.82, 2.24) is 10.3 Å². The molecule has 0 bridgehead atoms. The second-order valence-corrected chi connectivity index (χ2v) is 9.64. The largest absolute Gasteiger partial charge is 0.416 e. The smallest absolute Gasteiger partial charge is 0.368 e. The molecule has 1 saturated heterocycles. The second kappa shape index (κ2) is 10.0. The molecule has 1 aromatic heterocycles. The van der Waals surface area contributed by atoms with Crippen LogP contribution >= 0.6 is 11.6 Å². The number of nitrogens with one attached hydrogen (secondary N) is 1. The van der Waals surface area contributed by atoms with Gasteiger partial charge in [-0.05, 0) is 60.5 Å². The minimum Gasteiger partial charge on any atom is -0.368 e. The highest BCUT2D eigenvalue weighted by Crippen LogP contribution is 2.40. The number of halogens is 4. The lowest BCUT2D eigenvalue weighted by molar-refractivity contribution is -0.137. The number of aromatic nitrogens is 1. The number of nitrogens with zero attached hydrogens (tertiary/aromatic N) is 3. The number of benzene rings is 2. The fraction of sp³-hybridized carbons (Fsp3) is 0.333. The van der Waals surface area contributed by atoms with E-state index >= 15 is 0 Å². The molecule has 36 heavy (non-hydrogen) atoms. The molecule has 5 rings (SSSR count). The van der Waals surface area contributed by atoms with Crippen LogP contribution in [-0.4, -0.2) is 43.1 Å². The molecule has 2 aliphatic rings. The lowest BCUT2D eigenvalue weighted by Gasteiger charge is -2.49. The quantitative estimate of drug-likeness (QED) is 0.522. The van der Waals surface area contributed by atoms with E-state index in [1.807, 2.05) is 42.5 Å². The molecule has 3 heterocycles. The summed E-state index contributed by atoms with van der Waals surface area (Å²) in [6.45, 7) is 2.24. The summed E-state index contributed by atoms with van der Waals surface area (Å²) < 4.78 is 40.3. The molecular formula is C27H26ClF3N4O. The molecule has 2 unspecified atom stereocenters. The minimum atomic E-state index is -4.43. The van der Waals surface area contributed by atoms with Crippen molar-refractivity contribution in [3.63, 3.8) is 0 Å². The van der Waals surface area contributed by atoms with Gasteiger partial charge in [0.15, 0.2) is 0 Å². The van der Waals surface area contributed by atoms with Crippen molar-refractivity contribution in [2.45, 2.75) is 25.1 Å². The summed E-state index contributed by atoms with van der Waals surface area (Å²) in [7, 11) is 0. The topological polar surface area (TPSA) is 48.5 Å². The van der Waals surface area contributed by atoms with Crippen LogP contribution in [0.15, 0.2) is 66.9 Å². The molecule has 2 aliphatic heterocycles. The Morgan fingerprint density at radius 2 is 1.94 bits per heavy atom. The average Bonchev–Trinajstić information content (AvgIpc) is 2.87. The van der Waals surface area contributed by atoms with Gasteiger partial charge in [0.2, 0.25) is 5.91 Å². The van der Waals surface area contributed by atoms with Gasteiger partial charge in [0.1, 0.15) is 0 Å². The molecule has 9 heteroatoms. The van der Waals surface area contributed by atoms with Gasteiger partial charge in [-0.3, -0.25) is 9.78 Å². The number of carbonyl (C=O) groups is 1. The zero-order valence-corrected chi connectivity index (χ0v) is 20.3. The Morgan fingerprint density at radius 1 is 1.08 bits per heavy atom. The SMILES string of the molecule is O=C(NCCc1ccccn1)C1Cc2cc(C(F)(F)F)ccc2N2CCN(c3cccc(Cl)c3)CC12. The monoisotopic (exact) mass is 514 g/mol. The summed E-state index contributed by atoms with van der Waals surface area (Å²) in [6, 6.07) is 16.9. The fourth-order valence-corrected chi connectivity index (χ4v) is 5.38. The van der Waals surface area contributed by atoms with E-state index in [0.29, 0.717) is 43.2 Å². The number of piperazine rings is 1. The first-order chi connectivity index (χ1) is 17.3. The van der Waals surface area contributed by atoms with Gasteiger partial charge < -0.3 is 15.1 Å². The molecule has 1 N–H and O–H groups in total. The van der Waals surface area contributed by atoms with Crippen LogP contribution < -0.4 is 15.1 Å². The van der Waals surface area contributed by atoms with Crippen LogP contribution in [0, 0.1) is 5.92 Å². The zero-order valence-electron chi connectivity index (χ0n) is 19.5. The van der Waals surface area contributed by atoms with Gasteiger partial charge in [-0.2, -0.15) is 13.2 Å². The number of hydrogen-bond donors (Lipinski definition) is 1. The van der Waals surface area contributed by atoms with E-state index in [0.717, 1.165) is 23.1 Å². The number of rotatable bonds is 5. The van der Waals surface area contributed by atoms with Crippen LogP contribution in [0.4, 0.5) is 24.5 Å². The normalized spacial score (nSPS) is 19.4. The van der Waals surface area contributed by atoms with E-state index in [9.17, 15) is 18.0 Å². The Hall–Kier alpha value is -3.26. The summed E-state index contributed by atoms with van der Waals surface area (Å²) >= 11 is 6.21. The standard InChI is InChI=1S/C27H26ClF3N4O/c28-20-4-3-6-22(16-20)34-12-13-35-24-8-7-19(27(29,30)31)14-18(24)15-23(25(35)17-34)26(36)33-11-9-21-5-1-2-10-32-21/h1-8,10,14,16,23,25H,9,11-13,15,17H2,(H,33,36). The summed E-state index contributed by atoms with van der Waals surface area (Å²) in [6.07, 6.45) is -1.90. The highest BCUT2D eigenvalue weighted by Gasteiger charge is 2.42. The molecule has 0 saturated carbocycles. The van der Waals surface area contributed by atoms with Gasteiger partial charge in [0, 0.05) is 60.9 Å². The highest BCUT2D eigenvalue weighted by atomic mass is 35.5. The van der Waals surface area contributed by atoms with Crippen LogP contribution in [-0.2, 0) is 23.8 Å². The minimum absolute atomic E-state index is 0.156. The molecule has 2 aromatic carbocycles. The molecule has 188 valence electrons. The van der Waals surface area contributed by atoms with E-state index in [2.05, 4.69) is 20.1 Å². The Kier molecular flexibility index (Phi) is 6.79. The van der Waals surface area contributed by atoms with Crippen molar-refractivity contribution in [2.24, 2.45) is 5.92 Å². The van der Waals surface area contributed by atoms with Crippen LogP contribution in [0.25, 0.3) is 0 Å². The number of anilines is 2. The Labute approximate surface area is 212 Å². The van der Waals surface area contributed by atoms with Crippen molar-refractivity contribution < 1.29 is 18.0 Å². The van der Waals surface area contributed by atoms with E-state index in [1.54, 1.807) is 12.3 Å². The number of fused-ring (bicyclic) bond motifs is 3. The average molecular weight is 515 g/mol. The lowest BCUT2D eigenvalue weighted by Crippen LogP contribution is -2.61. The predicted octanol–water partition coefficient (Wildman–Crippen LogP) is 4.98. The Morgan fingerprint density at radius 3 is 2.69 bits per heavy atom. The molecule has 2 atom stereocenters. The lowest BCUT2D eigenvalue weighted by atomic mass is 9.82. The van der Waals surface area contributed by atoms with Crippen LogP contribution in [0.5, 0.6) is 0 Å². The molecule has 0 spiro atoms. The first-order valence-electron chi connectivity index (χ1n) is 11.9. The first-order valence-corrected chi connectivity index (χ1v) is 12.3. The van der Waals surface area contributed by atoms with E-state index in [-0.39, 0.29) is 18.4 Å². The molecule has 1 amide bonds. The third-order valence-corrected chi connectivity index (χ3v) is 7.19. The maximum absolute atomic E-state index is 13.4. The fourth-order valence-electron chi connectivity index (χ4n) is 5.20. The van der Waals surface area contributed by atoms with E-state index in [4.69, 9.17) is 11.6 Å². The molecular weight excluding hydrogens is 489 g/mol. The third kappa shape index (κ3) is 5.14. The zero-order chi connectivity index (χ0) is 25.3. The van der Waals surface area contributed by atoms with Gasteiger partial charge >= 0.3 is 6.18 Å². The van der Waals surface area contributed by atoms with Crippen molar-refractivity contribution in [1.29, 1.82) is 0 Å².